The molecule has 0 spiro atoms. The third-order valence-electron chi connectivity index (χ3n) is 2.32. The van der Waals surface area contributed by atoms with Gasteiger partial charge in [-0.05, 0) is 5.41 Å². The second kappa shape index (κ2) is 2.25. The number of rotatable bonds is 1. The van der Waals surface area contributed by atoms with Gasteiger partial charge in [-0.15, -0.1) is 0 Å². The molecule has 0 radical (unpaired) electrons. The van der Waals surface area contributed by atoms with Crippen LogP contribution in [-0.4, -0.2) is 22.6 Å². The summed E-state index contributed by atoms with van der Waals surface area (Å²) in [5.41, 5.74) is 0.478. The van der Waals surface area contributed by atoms with E-state index in [1.165, 1.54) is 0 Å². The van der Waals surface area contributed by atoms with Crippen molar-refractivity contribution in [3.05, 3.63) is 12.4 Å². The Hall–Kier alpha value is -0.990. The normalized spacial score (nSPS) is 20.8. The van der Waals surface area contributed by atoms with E-state index in [4.69, 9.17) is 0 Å². The van der Waals surface area contributed by atoms with E-state index < -0.39 is 0 Å². The molecule has 1 fully saturated rings. The van der Waals surface area contributed by atoms with E-state index in [2.05, 4.69) is 28.3 Å². The molecule has 0 aromatic carbocycles. The maximum absolute atomic E-state index is 4.29. The van der Waals surface area contributed by atoms with E-state index in [0.717, 1.165) is 19.0 Å². The maximum atomic E-state index is 4.29. The van der Waals surface area contributed by atoms with Crippen molar-refractivity contribution in [2.24, 2.45) is 12.5 Å². The van der Waals surface area contributed by atoms with Gasteiger partial charge < -0.3 is 9.47 Å². The van der Waals surface area contributed by atoms with Gasteiger partial charge in [-0.2, -0.15) is 0 Å². The van der Waals surface area contributed by atoms with Crippen molar-refractivity contribution in [2.75, 3.05) is 18.0 Å². The van der Waals surface area contributed by atoms with Gasteiger partial charge in [0.1, 0.15) is 0 Å². The Morgan fingerprint density at radius 2 is 2.08 bits per heavy atom. The van der Waals surface area contributed by atoms with Crippen LogP contribution in [0.15, 0.2) is 12.4 Å². The number of aromatic nitrogens is 2. The highest BCUT2D eigenvalue weighted by molar-refractivity contribution is 5.36. The first kappa shape index (κ1) is 7.65. The lowest BCUT2D eigenvalue weighted by Gasteiger charge is -2.46. The van der Waals surface area contributed by atoms with Gasteiger partial charge in [0.25, 0.3) is 0 Å². The van der Waals surface area contributed by atoms with E-state index in [1.807, 2.05) is 19.4 Å². The average Bonchev–Trinajstić information content (AvgIpc) is 2.30. The number of hydrogen-bond donors (Lipinski definition) is 0. The zero-order valence-electron chi connectivity index (χ0n) is 7.91. The Balaban J connectivity index is 2.11. The van der Waals surface area contributed by atoms with Crippen LogP contribution >= 0.6 is 0 Å². The van der Waals surface area contributed by atoms with Crippen molar-refractivity contribution in [3.63, 3.8) is 0 Å². The second-order valence-corrected chi connectivity index (χ2v) is 4.36. The fourth-order valence-corrected chi connectivity index (χ4v) is 1.79. The lowest BCUT2D eigenvalue weighted by atomic mass is 9.85. The summed E-state index contributed by atoms with van der Waals surface area (Å²) in [4.78, 5) is 6.60. The molecule has 0 atom stereocenters. The summed E-state index contributed by atoms with van der Waals surface area (Å²) in [6.45, 7) is 6.81. The predicted molar refractivity (Wildman–Crippen MR) is 49.2 cm³/mol. The van der Waals surface area contributed by atoms with Crippen LogP contribution in [0.2, 0.25) is 0 Å². The molecular weight excluding hydrogens is 150 g/mol. The highest BCUT2D eigenvalue weighted by atomic mass is 15.3. The zero-order chi connectivity index (χ0) is 8.77. The molecule has 0 amide bonds. The molecule has 0 N–H and O–H groups in total. The van der Waals surface area contributed by atoms with Gasteiger partial charge in [0.05, 0.1) is 0 Å². The fraction of sp³-hybridized carbons (Fsp3) is 0.667. The van der Waals surface area contributed by atoms with Crippen LogP contribution in [0.5, 0.6) is 0 Å². The SMILES string of the molecule is Cn1ccnc1N1CC(C)(C)C1. The van der Waals surface area contributed by atoms with Crippen molar-refractivity contribution in [2.45, 2.75) is 13.8 Å². The lowest BCUT2D eigenvalue weighted by Crippen LogP contribution is -2.53. The first-order chi connectivity index (χ1) is 5.58. The summed E-state index contributed by atoms with van der Waals surface area (Å²) < 4.78 is 2.06. The molecule has 0 saturated carbocycles. The van der Waals surface area contributed by atoms with Crippen LogP contribution < -0.4 is 4.90 Å². The van der Waals surface area contributed by atoms with Crippen LogP contribution in [0.4, 0.5) is 5.95 Å². The lowest BCUT2D eigenvalue weighted by molar-refractivity contribution is 0.271. The van der Waals surface area contributed by atoms with E-state index >= 15 is 0 Å². The van der Waals surface area contributed by atoms with Gasteiger partial charge in [0, 0.05) is 32.5 Å². The Morgan fingerprint density at radius 3 is 2.50 bits per heavy atom. The van der Waals surface area contributed by atoms with Crippen LogP contribution in [0.3, 0.4) is 0 Å². The van der Waals surface area contributed by atoms with E-state index in [-0.39, 0.29) is 0 Å². The molecule has 12 heavy (non-hydrogen) atoms. The molecular formula is C9H15N3. The summed E-state index contributed by atoms with van der Waals surface area (Å²) >= 11 is 0. The molecule has 0 bridgehead atoms. The molecule has 1 aliphatic rings. The van der Waals surface area contributed by atoms with Gasteiger partial charge in [-0.3, -0.25) is 0 Å². The average molecular weight is 165 g/mol. The minimum Gasteiger partial charge on any atom is -0.341 e. The summed E-state index contributed by atoms with van der Waals surface area (Å²) in [6.07, 6.45) is 3.83. The number of anilines is 1. The van der Waals surface area contributed by atoms with Crippen LogP contribution in [0, 0.1) is 5.41 Å². The molecule has 66 valence electrons. The van der Waals surface area contributed by atoms with Crippen LogP contribution in [0.25, 0.3) is 0 Å². The van der Waals surface area contributed by atoms with Gasteiger partial charge in [-0.1, -0.05) is 13.8 Å². The van der Waals surface area contributed by atoms with Gasteiger partial charge in [0.15, 0.2) is 0 Å². The minimum atomic E-state index is 0.478. The second-order valence-electron chi connectivity index (χ2n) is 4.36. The highest BCUT2D eigenvalue weighted by Crippen LogP contribution is 2.31. The van der Waals surface area contributed by atoms with Crippen LogP contribution in [0.1, 0.15) is 13.8 Å². The van der Waals surface area contributed by atoms with Gasteiger partial charge in [0.2, 0.25) is 5.95 Å². The van der Waals surface area contributed by atoms with Crippen LogP contribution in [-0.2, 0) is 7.05 Å². The number of aryl methyl sites for hydroxylation is 1. The van der Waals surface area contributed by atoms with E-state index in [0.29, 0.717) is 5.41 Å². The topological polar surface area (TPSA) is 21.1 Å². The zero-order valence-corrected chi connectivity index (χ0v) is 7.91. The third kappa shape index (κ3) is 1.09. The molecule has 2 rings (SSSR count). The van der Waals surface area contributed by atoms with E-state index in [9.17, 15) is 0 Å². The van der Waals surface area contributed by atoms with E-state index in [1.54, 1.807) is 0 Å². The molecule has 1 aromatic heterocycles. The fourth-order valence-electron chi connectivity index (χ4n) is 1.79. The van der Waals surface area contributed by atoms with Crippen molar-refractivity contribution >= 4 is 5.95 Å². The first-order valence-corrected chi connectivity index (χ1v) is 4.31. The molecule has 2 heterocycles. The molecule has 1 aromatic rings. The summed E-state index contributed by atoms with van der Waals surface area (Å²) in [5, 5.41) is 0. The van der Waals surface area contributed by atoms with Crippen molar-refractivity contribution in [1.29, 1.82) is 0 Å². The Morgan fingerprint density at radius 1 is 1.42 bits per heavy atom. The summed E-state index contributed by atoms with van der Waals surface area (Å²) in [5.74, 6) is 1.09. The largest absolute Gasteiger partial charge is 0.341 e. The number of nitrogens with zero attached hydrogens (tertiary/aromatic N) is 3. The molecule has 3 nitrogen and oxygen atoms in total. The number of imidazole rings is 1. The Bertz CT molecular complexity index is 280. The summed E-state index contributed by atoms with van der Waals surface area (Å²) in [7, 11) is 2.04. The Kier molecular flexibility index (Phi) is 1.43. The smallest absolute Gasteiger partial charge is 0.205 e. The van der Waals surface area contributed by atoms with Crippen molar-refractivity contribution in [3.8, 4) is 0 Å². The Labute approximate surface area is 73.0 Å². The molecule has 1 saturated heterocycles. The maximum Gasteiger partial charge on any atom is 0.205 e. The molecule has 3 heteroatoms. The standard InChI is InChI=1S/C9H15N3/c1-9(2)6-12(7-9)8-10-4-5-11(8)3/h4-5H,6-7H2,1-3H3. The quantitative estimate of drug-likeness (QED) is 0.624. The molecule has 0 unspecified atom stereocenters. The minimum absolute atomic E-state index is 0.478. The highest BCUT2D eigenvalue weighted by Gasteiger charge is 2.35. The summed E-state index contributed by atoms with van der Waals surface area (Å²) in [6, 6.07) is 0. The molecule has 1 aliphatic heterocycles. The number of hydrogen-bond acceptors (Lipinski definition) is 2. The van der Waals surface area contributed by atoms with Gasteiger partial charge >= 0.3 is 0 Å². The molecule has 0 aliphatic carbocycles. The van der Waals surface area contributed by atoms with Gasteiger partial charge in [-0.25, -0.2) is 4.98 Å². The first-order valence-electron chi connectivity index (χ1n) is 4.31. The predicted octanol–water partition coefficient (Wildman–Crippen LogP) is 1.27. The van der Waals surface area contributed by atoms with Crippen molar-refractivity contribution in [1.82, 2.24) is 9.55 Å². The monoisotopic (exact) mass is 165 g/mol. The third-order valence-corrected chi connectivity index (χ3v) is 2.32. The van der Waals surface area contributed by atoms with Crippen molar-refractivity contribution < 1.29 is 0 Å².